The molecule has 1 N–H and O–H groups in total. The van der Waals surface area contributed by atoms with Crippen molar-refractivity contribution in [3.8, 4) is 5.75 Å². The first kappa shape index (κ1) is 24.9. The highest BCUT2D eigenvalue weighted by Crippen LogP contribution is 2.48. The quantitative estimate of drug-likeness (QED) is 0.440. The van der Waals surface area contributed by atoms with Crippen LogP contribution < -0.4 is 9.46 Å². The number of anilines is 1. The fourth-order valence-corrected chi connectivity index (χ4v) is 6.75. The lowest BCUT2D eigenvalue weighted by Gasteiger charge is -2.45. The molecule has 2 aromatic heterocycles. The number of thiazole rings is 1. The summed E-state index contributed by atoms with van der Waals surface area (Å²) in [6.07, 6.45) is -1.22. The van der Waals surface area contributed by atoms with E-state index in [2.05, 4.69) is 14.7 Å². The molecule has 2 aliphatic heterocycles. The molecule has 1 aromatic carbocycles. The normalized spacial score (nSPS) is 23.1. The number of ether oxygens (including phenoxy) is 1. The number of sulfonamides is 1. The van der Waals surface area contributed by atoms with Crippen LogP contribution in [0.4, 0.5) is 22.7 Å². The first-order chi connectivity index (χ1) is 17.1. The number of nitrogens with one attached hydrogen (secondary N) is 1. The summed E-state index contributed by atoms with van der Waals surface area (Å²) in [4.78, 5) is 9.49. The smallest absolute Gasteiger partial charge is 0.391 e. The minimum absolute atomic E-state index is 0.0911. The highest BCUT2D eigenvalue weighted by atomic mass is 32.2. The molecule has 0 spiro atoms. The van der Waals surface area contributed by atoms with Gasteiger partial charge in [0.1, 0.15) is 16.5 Å². The first-order valence-electron chi connectivity index (χ1n) is 11.3. The number of likely N-dealkylation sites (tertiary alicyclic amines) is 1. The fraction of sp³-hybridized carbons (Fsp3) is 0.391. The van der Waals surface area contributed by atoms with Gasteiger partial charge in [0.2, 0.25) is 0 Å². The van der Waals surface area contributed by atoms with Crippen LogP contribution in [-0.4, -0.2) is 42.6 Å². The third-order valence-electron chi connectivity index (χ3n) is 6.55. The number of piperidine rings is 1. The predicted octanol–water partition coefficient (Wildman–Crippen LogP) is 5.32. The van der Waals surface area contributed by atoms with E-state index in [4.69, 9.17) is 4.74 Å². The maximum absolute atomic E-state index is 15.2. The van der Waals surface area contributed by atoms with Gasteiger partial charge < -0.3 is 4.74 Å². The van der Waals surface area contributed by atoms with Crippen LogP contribution in [0.2, 0.25) is 0 Å². The molecule has 1 fully saturated rings. The summed E-state index contributed by atoms with van der Waals surface area (Å²) in [5.41, 5.74) is 0.908. The van der Waals surface area contributed by atoms with E-state index in [9.17, 15) is 21.6 Å². The van der Waals surface area contributed by atoms with Crippen LogP contribution in [0.25, 0.3) is 0 Å². The topological polar surface area (TPSA) is 84.4 Å². The van der Waals surface area contributed by atoms with Crippen molar-refractivity contribution in [3.63, 3.8) is 0 Å². The van der Waals surface area contributed by atoms with Crippen molar-refractivity contribution in [3.05, 3.63) is 65.2 Å². The summed E-state index contributed by atoms with van der Waals surface area (Å²) in [6, 6.07) is 6.25. The number of benzene rings is 1. The monoisotopic (exact) mass is 542 g/mol. The van der Waals surface area contributed by atoms with Crippen molar-refractivity contribution < 1.29 is 30.7 Å². The van der Waals surface area contributed by atoms with Gasteiger partial charge >= 0.3 is 6.18 Å². The van der Waals surface area contributed by atoms with Crippen LogP contribution in [0, 0.1) is 11.7 Å². The van der Waals surface area contributed by atoms with E-state index in [1.165, 1.54) is 12.4 Å². The van der Waals surface area contributed by atoms with Crippen LogP contribution in [-0.2, 0) is 10.0 Å². The molecule has 0 saturated carbocycles. The van der Waals surface area contributed by atoms with Crippen LogP contribution in [0.1, 0.15) is 42.6 Å². The lowest BCUT2D eigenvalue weighted by molar-refractivity contribution is -0.192. The Morgan fingerprint density at radius 3 is 2.64 bits per heavy atom. The Bertz CT molecular complexity index is 1320. The maximum Gasteiger partial charge on any atom is 0.391 e. The third-order valence-corrected chi connectivity index (χ3v) is 8.72. The van der Waals surface area contributed by atoms with E-state index < -0.39 is 44.9 Å². The largest absolute Gasteiger partial charge is 0.493 e. The average Bonchev–Trinajstić information content (AvgIpc) is 3.35. The molecule has 7 nitrogen and oxygen atoms in total. The van der Waals surface area contributed by atoms with Gasteiger partial charge in [0.05, 0.1) is 24.3 Å². The lowest BCUT2D eigenvalue weighted by Crippen LogP contribution is -2.44. The van der Waals surface area contributed by atoms with Gasteiger partial charge in [-0.2, -0.15) is 13.2 Å². The Morgan fingerprint density at radius 1 is 1.11 bits per heavy atom. The molecule has 0 unspecified atom stereocenters. The van der Waals surface area contributed by atoms with Crippen LogP contribution >= 0.6 is 11.3 Å². The van der Waals surface area contributed by atoms with E-state index in [1.807, 2.05) is 4.90 Å². The summed E-state index contributed by atoms with van der Waals surface area (Å²) < 4.78 is 89.6. The number of aromatic nitrogens is 2. The van der Waals surface area contributed by atoms with E-state index in [1.54, 1.807) is 23.6 Å². The van der Waals surface area contributed by atoms with Crippen molar-refractivity contribution in [2.24, 2.45) is 5.92 Å². The Hall–Kier alpha value is -2.77. The van der Waals surface area contributed by atoms with Gasteiger partial charge in [-0.15, -0.1) is 11.3 Å². The number of rotatable bonds is 5. The Balaban J connectivity index is 1.49. The maximum atomic E-state index is 15.2. The second-order valence-corrected chi connectivity index (χ2v) is 11.2. The molecule has 36 heavy (non-hydrogen) atoms. The molecule has 0 bridgehead atoms. The molecule has 0 radical (unpaired) electrons. The number of nitrogens with zero attached hydrogens (tertiary/aromatic N) is 3. The first-order valence-corrected chi connectivity index (χ1v) is 13.6. The fourth-order valence-electron chi connectivity index (χ4n) is 4.88. The molecular formula is C23H22F4N4O3S2. The molecule has 13 heteroatoms. The summed E-state index contributed by atoms with van der Waals surface area (Å²) in [5, 5.41) is 1.67. The van der Waals surface area contributed by atoms with E-state index in [-0.39, 0.29) is 36.9 Å². The Kier molecular flexibility index (Phi) is 6.64. The zero-order valence-electron chi connectivity index (χ0n) is 18.8. The second kappa shape index (κ2) is 9.60. The summed E-state index contributed by atoms with van der Waals surface area (Å²) in [5.74, 6) is -2.26. The molecule has 3 atom stereocenters. The molecule has 0 aliphatic carbocycles. The third kappa shape index (κ3) is 4.91. The molecule has 2 aliphatic rings. The highest BCUT2D eigenvalue weighted by molar-refractivity contribution is 7.93. The Morgan fingerprint density at radius 2 is 1.94 bits per heavy atom. The molecular weight excluding hydrogens is 520 g/mol. The van der Waals surface area contributed by atoms with Gasteiger partial charge in [-0.1, -0.05) is 6.07 Å². The van der Waals surface area contributed by atoms with Crippen LogP contribution in [0.5, 0.6) is 5.75 Å². The lowest BCUT2D eigenvalue weighted by atomic mass is 9.85. The van der Waals surface area contributed by atoms with Gasteiger partial charge in [0, 0.05) is 48.4 Å². The van der Waals surface area contributed by atoms with E-state index in [0.29, 0.717) is 17.7 Å². The van der Waals surface area contributed by atoms with Gasteiger partial charge in [-0.25, -0.2) is 17.8 Å². The molecule has 192 valence electrons. The summed E-state index contributed by atoms with van der Waals surface area (Å²) >= 11 is 1.05. The average molecular weight is 543 g/mol. The summed E-state index contributed by atoms with van der Waals surface area (Å²) in [7, 11) is -4.27. The minimum atomic E-state index is -4.33. The van der Waals surface area contributed by atoms with Crippen molar-refractivity contribution in [2.45, 2.75) is 42.4 Å². The SMILES string of the molecule is O=S(=O)(Nc1nccs1)c1cc2c(cc1F)[C@@H](N1CC[C@@H](C(F)(F)F)C[C@H]1c1ccccn1)CCO2. The predicted molar refractivity (Wildman–Crippen MR) is 125 cm³/mol. The van der Waals surface area contributed by atoms with Crippen molar-refractivity contribution in [2.75, 3.05) is 17.9 Å². The number of halogens is 4. The Labute approximate surface area is 209 Å². The highest BCUT2D eigenvalue weighted by Gasteiger charge is 2.47. The van der Waals surface area contributed by atoms with Crippen molar-refractivity contribution >= 4 is 26.5 Å². The zero-order chi connectivity index (χ0) is 25.5. The molecule has 1 saturated heterocycles. The van der Waals surface area contributed by atoms with Crippen LogP contribution in [0.3, 0.4) is 0 Å². The standard InChI is InChI=1S/C23H22F4N4O3S2/c24-16-12-15-18(5-9-34-20(15)13-21(16)36(32,33)30-22-29-7-10-35-22)31-8-4-14(23(25,26)27)11-19(31)17-3-1-2-6-28-17/h1-3,6-7,10,12-14,18-19H,4-5,8-9,11H2,(H,29,30)/t14-,18+,19+/m1/s1. The van der Waals surface area contributed by atoms with Gasteiger partial charge in [-0.05, 0) is 31.0 Å². The zero-order valence-corrected chi connectivity index (χ0v) is 20.4. The molecule has 5 rings (SSSR count). The molecule has 4 heterocycles. The van der Waals surface area contributed by atoms with Crippen molar-refractivity contribution in [1.82, 2.24) is 14.9 Å². The number of fused-ring (bicyclic) bond motifs is 1. The van der Waals surface area contributed by atoms with Gasteiger partial charge in [-0.3, -0.25) is 14.6 Å². The number of hydrogen-bond acceptors (Lipinski definition) is 7. The van der Waals surface area contributed by atoms with Gasteiger partial charge in [0.15, 0.2) is 5.13 Å². The number of pyridine rings is 1. The van der Waals surface area contributed by atoms with Crippen LogP contribution in [0.15, 0.2) is 53.0 Å². The van der Waals surface area contributed by atoms with Gasteiger partial charge in [0.25, 0.3) is 10.0 Å². The molecule has 3 aromatic rings. The van der Waals surface area contributed by atoms with E-state index in [0.717, 1.165) is 23.5 Å². The number of hydrogen-bond donors (Lipinski definition) is 1. The summed E-state index contributed by atoms with van der Waals surface area (Å²) in [6.45, 7) is 0.333. The van der Waals surface area contributed by atoms with Crippen molar-refractivity contribution in [1.29, 1.82) is 0 Å². The second-order valence-electron chi connectivity index (χ2n) is 8.69. The minimum Gasteiger partial charge on any atom is -0.493 e. The number of alkyl halides is 3. The van der Waals surface area contributed by atoms with E-state index >= 15 is 4.39 Å². The molecule has 0 amide bonds.